The Bertz CT molecular complexity index is 868. The summed E-state index contributed by atoms with van der Waals surface area (Å²) in [4.78, 5) is 37.6. The highest BCUT2D eigenvalue weighted by Gasteiger charge is 2.49. The normalized spacial score (nSPS) is 19.4. The minimum absolute atomic E-state index is 0.557. The lowest BCUT2D eigenvalue weighted by Crippen LogP contribution is -2.42. The van der Waals surface area contributed by atoms with Gasteiger partial charge >= 0.3 is 6.03 Å². The van der Waals surface area contributed by atoms with Crippen molar-refractivity contribution in [2.75, 3.05) is 11.9 Å². The van der Waals surface area contributed by atoms with Gasteiger partial charge in [-0.25, -0.2) is 13.6 Å². The van der Waals surface area contributed by atoms with E-state index in [1.165, 1.54) is 6.92 Å². The van der Waals surface area contributed by atoms with Gasteiger partial charge in [-0.3, -0.25) is 14.5 Å². The first-order valence-corrected chi connectivity index (χ1v) is 7.76. The van der Waals surface area contributed by atoms with Crippen LogP contribution in [0.3, 0.4) is 0 Å². The highest BCUT2D eigenvalue weighted by Crippen LogP contribution is 2.28. The maximum Gasteiger partial charge on any atom is 0.325 e. The molecule has 0 saturated carbocycles. The van der Waals surface area contributed by atoms with Crippen LogP contribution in [-0.4, -0.2) is 29.3 Å². The van der Waals surface area contributed by atoms with Gasteiger partial charge in [-0.05, 0) is 24.6 Å². The van der Waals surface area contributed by atoms with Gasteiger partial charge in [-0.2, -0.15) is 0 Å². The van der Waals surface area contributed by atoms with Crippen LogP contribution in [0.15, 0.2) is 48.5 Å². The molecule has 2 N–H and O–H groups in total. The van der Waals surface area contributed by atoms with Crippen LogP contribution >= 0.6 is 0 Å². The number of hydrogen-bond acceptors (Lipinski definition) is 3. The van der Waals surface area contributed by atoms with E-state index < -0.39 is 47.3 Å². The summed E-state index contributed by atoms with van der Waals surface area (Å²) in [6.45, 7) is 0.859. The number of rotatable bonds is 4. The highest BCUT2D eigenvalue weighted by molar-refractivity contribution is 6.10. The van der Waals surface area contributed by atoms with Crippen LogP contribution in [0.2, 0.25) is 0 Å². The number of imide groups is 1. The fourth-order valence-corrected chi connectivity index (χ4v) is 2.75. The maximum absolute atomic E-state index is 13.6. The van der Waals surface area contributed by atoms with Crippen molar-refractivity contribution in [3.63, 3.8) is 0 Å². The van der Waals surface area contributed by atoms with Crippen molar-refractivity contribution in [2.24, 2.45) is 0 Å². The number of halogens is 2. The Morgan fingerprint density at radius 3 is 2.31 bits per heavy atom. The van der Waals surface area contributed by atoms with Gasteiger partial charge in [0.15, 0.2) is 0 Å². The molecule has 2 aromatic carbocycles. The van der Waals surface area contributed by atoms with E-state index in [0.717, 1.165) is 18.2 Å². The predicted octanol–water partition coefficient (Wildman–Crippen LogP) is 2.37. The molecule has 0 aliphatic carbocycles. The van der Waals surface area contributed by atoms with Gasteiger partial charge in [-0.15, -0.1) is 0 Å². The maximum atomic E-state index is 13.6. The van der Waals surface area contributed by atoms with Gasteiger partial charge in [0, 0.05) is 0 Å². The summed E-state index contributed by atoms with van der Waals surface area (Å²) in [7, 11) is 0. The Labute approximate surface area is 147 Å². The lowest BCUT2D eigenvalue weighted by molar-refractivity contribution is -0.133. The fourth-order valence-electron chi connectivity index (χ4n) is 2.75. The van der Waals surface area contributed by atoms with Crippen molar-refractivity contribution in [3.05, 3.63) is 65.7 Å². The molecular weight excluding hydrogens is 344 g/mol. The van der Waals surface area contributed by atoms with Crippen LogP contribution in [0.1, 0.15) is 12.5 Å². The second-order valence-corrected chi connectivity index (χ2v) is 5.96. The second-order valence-electron chi connectivity index (χ2n) is 5.96. The molecule has 3 rings (SSSR count). The molecule has 0 radical (unpaired) electrons. The quantitative estimate of drug-likeness (QED) is 0.823. The van der Waals surface area contributed by atoms with E-state index in [1.54, 1.807) is 30.3 Å². The average Bonchev–Trinajstić information content (AvgIpc) is 2.83. The van der Waals surface area contributed by atoms with E-state index >= 15 is 0 Å². The summed E-state index contributed by atoms with van der Waals surface area (Å²) in [5.41, 5.74) is -1.39. The van der Waals surface area contributed by atoms with Gasteiger partial charge in [0.05, 0.1) is 0 Å². The average molecular weight is 359 g/mol. The van der Waals surface area contributed by atoms with Crippen molar-refractivity contribution in [1.29, 1.82) is 0 Å². The molecule has 26 heavy (non-hydrogen) atoms. The largest absolute Gasteiger partial charge is 0.325 e. The number of amides is 4. The number of anilines is 1. The molecular formula is C18H15F2N3O3. The number of carbonyl (C=O) groups is 3. The summed E-state index contributed by atoms with van der Waals surface area (Å²) in [6, 6.07) is 10.9. The van der Waals surface area contributed by atoms with Gasteiger partial charge < -0.3 is 10.6 Å². The molecule has 0 aromatic heterocycles. The minimum atomic E-state index is -1.32. The zero-order chi connectivity index (χ0) is 18.9. The van der Waals surface area contributed by atoms with Crippen LogP contribution in [0.5, 0.6) is 0 Å². The van der Waals surface area contributed by atoms with Gasteiger partial charge in [0.2, 0.25) is 5.91 Å². The van der Waals surface area contributed by atoms with Gasteiger partial charge in [0.1, 0.15) is 29.4 Å². The van der Waals surface area contributed by atoms with E-state index in [-0.39, 0.29) is 0 Å². The van der Waals surface area contributed by atoms with Crippen molar-refractivity contribution in [1.82, 2.24) is 10.2 Å². The molecule has 0 spiro atoms. The Balaban J connectivity index is 1.77. The lowest BCUT2D eigenvalue weighted by atomic mass is 9.92. The molecule has 8 heteroatoms. The number of hydrogen-bond donors (Lipinski definition) is 2. The molecule has 0 unspecified atom stereocenters. The molecule has 1 aliphatic rings. The molecule has 134 valence electrons. The summed E-state index contributed by atoms with van der Waals surface area (Å²) in [5, 5.41) is 4.60. The third-order valence-electron chi connectivity index (χ3n) is 4.16. The lowest BCUT2D eigenvalue weighted by Gasteiger charge is -2.22. The summed E-state index contributed by atoms with van der Waals surface area (Å²) in [6.07, 6.45) is 0. The number of nitrogens with one attached hydrogen (secondary N) is 2. The fraction of sp³-hybridized carbons (Fsp3) is 0.167. The van der Waals surface area contributed by atoms with E-state index in [2.05, 4.69) is 10.6 Å². The zero-order valence-electron chi connectivity index (χ0n) is 13.8. The van der Waals surface area contributed by atoms with E-state index in [0.29, 0.717) is 10.5 Å². The van der Waals surface area contributed by atoms with Gasteiger partial charge in [0.25, 0.3) is 5.91 Å². The van der Waals surface area contributed by atoms with E-state index in [9.17, 15) is 23.2 Å². The molecule has 1 heterocycles. The first-order valence-electron chi connectivity index (χ1n) is 7.76. The van der Waals surface area contributed by atoms with Crippen molar-refractivity contribution >= 4 is 23.5 Å². The molecule has 1 atom stereocenters. The Morgan fingerprint density at radius 1 is 1.08 bits per heavy atom. The highest BCUT2D eigenvalue weighted by atomic mass is 19.1. The molecule has 1 aliphatic heterocycles. The molecule has 2 aromatic rings. The Hall–Kier alpha value is -3.29. The topological polar surface area (TPSA) is 78.5 Å². The third kappa shape index (κ3) is 3.01. The minimum Gasteiger partial charge on any atom is -0.320 e. The first-order chi connectivity index (χ1) is 12.3. The zero-order valence-corrected chi connectivity index (χ0v) is 13.8. The predicted molar refractivity (Wildman–Crippen MR) is 89.0 cm³/mol. The molecule has 4 amide bonds. The SMILES string of the molecule is C[C@]1(c2ccccc2)NC(=O)N(CC(=O)Nc2c(F)cccc2F)C1=O. The summed E-state index contributed by atoms with van der Waals surface area (Å²) >= 11 is 0. The smallest absolute Gasteiger partial charge is 0.320 e. The van der Waals surface area contributed by atoms with Crippen LogP contribution in [0.4, 0.5) is 19.3 Å². The van der Waals surface area contributed by atoms with Crippen molar-refractivity contribution in [3.8, 4) is 0 Å². The van der Waals surface area contributed by atoms with Crippen molar-refractivity contribution < 1.29 is 23.2 Å². The van der Waals surface area contributed by atoms with Crippen molar-refractivity contribution in [2.45, 2.75) is 12.5 Å². The standard InChI is InChI=1S/C18H15F2N3O3/c1-18(11-6-3-2-4-7-11)16(25)23(17(26)22-18)10-14(24)21-15-12(19)8-5-9-13(15)20/h2-9H,10H2,1H3,(H,21,24)(H,22,26)/t18-/m1/s1. The van der Waals surface area contributed by atoms with Gasteiger partial charge in [-0.1, -0.05) is 36.4 Å². The molecule has 1 fully saturated rings. The first kappa shape index (κ1) is 17.5. The second kappa shape index (κ2) is 6.55. The van der Waals surface area contributed by atoms with E-state index in [1.807, 2.05) is 0 Å². The Morgan fingerprint density at radius 2 is 1.69 bits per heavy atom. The number of nitrogens with zero attached hydrogens (tertiary/aromatic N) is 1. The van der Waals surface area contributed by atoms with Crippen LogP contribution in [-0.2, 0) is 15.1 Å². The summed E-state index contributed by atoms with van der Waals surface area (Å²) in [5.74, 6) is -3.43. The number of urea groups is 1. The van der Waals surface area contributed by atoms with E-state index in [4.69, 9.17) is 0 Å². The Kier molecular flexibility index (Phi) is 4.41. The third-order valence-corrected chi connectivity index (χ3v) is 4.16. The van der Waals surface area contributed by atoms with Crippen LogP contribution in [0.25, 0.3) is 0 Å². The van der Waals surface area contributed by atoms with Crippen LogP contribution < -0.4 is 10.6 Å². The molecule has 6 nitrogen and oxygen atoms in total. The molecule has 0 bridgehead atoms. The number of benzene rings is 2. The number of carbonyl (C=O) groups excluding carboxylic acids is 3. The summed E-state index contributed by atoms with van der Waals surface area (Å²) < 4.78 is 27.2. The van der Waals surface area contributed by atoms with Crippen LogP contribution in [0, 0.1) is 11.6 Å². The number of para-hydroxylation sites is 1. The monoisotopic (exact) mass is 359 g/mol. The molecule has 1 saturated heterocycles.